The lowest BCUT2D eigenvalue weighted by atomic mass is 9.97. The van der Waals surface area contributed by atoms with Gasteiger partial charge in [-0.3, -0.25) is 4.79 Å². The molecule has 0 aromatic carbocycles. The Bertz CT molecular complexity index is 952. The van der Waals surface area contributed by atoms with Gasteiger partial charge in [0, 0.05) is 18.0 Å². The van der Waals surface area contributed by atoms with Gasteiger partial charge in [0.15, 0.2) is 0 Å². The smallest absolute Gasteiger partial charge is 0.231 e. The van der Waals surface area contributed by atoms with E-state index in [0.717, 1.165) is 53.3 Å². The Hall–Kier alpha value is -2.13. The van der Waals surface area contributed by atoms with Crippen LogP contribution in [-0.2, 0) is 17.6 Å². The van der Waals surface area contributed by atoms with Crippen LogP contribution in [0, 0.1) is 5.92 Å². The lowest BCUT2D eigenvalue weighted by molar-refractivity contribution is -0.120. The van der Waals surface area contributed by atoms with E-state index in [0.29, 0.717) is 11.7 Å². The molecule has 0 saturated carbocycles. The number of fused-ring (bicyclic) bond motifs is 1. The van der Waals surface area contributed by atoms with E-state index in [1.807, 2.05) is 6.92 Å². The van der Waals surface area contributed by atoms with Crippen LogP contribution in [0.1, 0.15) is 36.6 Å². The summed E-state index contributed by atoms with van der Waals surface area (Å²) < 4.78 is 0. The van der Waals surface area contributed by atoms with Gasteiger partial charge in [0.2, 0.25) is 11.0 Å². The monoisotopic (exact) mass is 402 g/mol. The second-order valence-electron chi connectivity index (χ2n) is 6.61. The van der Waals surface area contributed by atoms with E-state index in [4.69, 9.17) is 0 Å². The van der Waals surface area contributed by atoms with Crippen molar-refractivity contribution in [3.63, 3.8) is 0 Å². The second kappa shape index (κ2) is 7.85. The maximum atomic E-state index is 12.7. The average molecular weight is 403 g/mol. The van der Waals surface area contributed by atoms with Crippen LogP contribution in [0.15, 0.2) is 12.4 Å². The molecular formula is C18H22N6OS2. The molecule has 0 aliphatic carbocycles. The average Bonchev–Trinajstić information content (AvgIpc) is 3.33. The molecule has 0 bridgehead atoms. The number of anilines is 2. The van der Waals surface area contributed by atoms with Gasteiger partial charge in [-0.25, -0.2) is 9.97 Å². The molecule has 142 valence electrons. The van der Waals surface area contributed by atoms with Gasteiger partial charge < -0.3 is 10.2 Å². The molecule has 3 aromatic rings. The number of amides is 1. The number of hydrogen-bond acceptors (Lipinski definition) is 8. The Morgan fingerprint density at radius 1 is 1.26 bits per heavy atom. The van der Waals surface area contributed by atoms with Gasteiger partial charge in [0.05, 0.1) is 11.3 Å². The van der Waals surface area contributed by atoms with Crippen LogP contribution >= 0.6 is 22.7 Å². The van der Waals surface area contributed by atoms with Gasteiger partial charge in [-0.05, 0) is 31.7 Å². The molecule has 1 amide bonds. The number of carbonyl (C=O) groups is 1. The maximum absolute atomic E-state index is 12.7. The molecule has 0 spiro atoms. The van der Waals surface area contributed by atoms with Gasteiger partial charge >= 0.3 is 0 Å². The fourth-order valence-electron chi connectivity index (χ4n) is 3.36. The lowest BCUT2D eigenvalue weighted by Gasteiger charge is -2.32. The van der Waals surface area contributed by atoms with Crippen LogP contribution in [0.2, 0.25) is 0 Å². The van der Waals surface area contributed by atoms with Crippen molar-refractivity contribution < 1.29 is 4.79 Å². The molecule has 3 aromatic heterocycles. The van der Waals surface area contributed by atoms with E-state index < -0.39 is 0 Å². The van der Waals surface area contributed by atoms with Crippen molar-refractivity contribution in [1.29, 1.82) is 0 Å². The summed E-state index contributed by atoms with van der Waals surface area (Å²) in [5, 5.41) is 13.7. The standard InChI is InChI=1S/C18H22N6OS2/c1-3-12-8-13-15(19-10-20-17(13)26-12)24-7-5-6-11(9-24)16(25)21-18-23-22-14(4-2)27-18/h8,10-11H,3-7,9H2,1-2H3,(H,21,23,25). The topological polar surface area (TPSA) is 83.9 Å². The van der Waals surface area contributed by atoms with Gasteiger partial charge in [-0.2, -0.15) is 0 Å². The SMILES string of the molecule is CCc1cc2c(N3CCCC(C(=O)Nc4nnc(CC)s4)C3)ncnc2s1. The number of aryl methyl sites for hydroxylation is 2. The summed E-state index contributed by atoms with van der Waals surface area (Å²) in [6, 6.07) is 2.19. The number of piperidine rings is 1. The number of aromatic nitrogens is 4. The van der Waals surface area contributed by atoms with Crippen LogP contribution in [0.3, 0.4) is 0 Å². The molecule has 1 aliphatic rings. The fraction of sp³-hybridized carbons (Fsp3) is 0.500. The van der Waals surface area contributed by atoms with E-state index in [2.05, 4.69) is 43.4 Å². The molecule has 4 rings (SSSR count). The van der Waals surface area contributed by atoms with Crippen LogP contribution in [0.4, 0.5) is 10.9 Å². The number of nitrogens with one attached hydrogen (secondary N) is 1. The first-order valence-corrected chi connectivity index (χ1v) is 10.9. The zero-order valence-electron chi connectivity index (χ0n) is 15.4. The van der Waals surface area contributed by atoms with Crippen LogP contribution < -0.4 is 10.2 Å². The highest BCUT2D eigenvalue weighted by Crippen LogP contribution is 2.32. The minimum Gasteiger partial charge on any atom is -0.355 e. The van der Waals surface area contributed by atoms with Crippen molar-refractivity contribution in [2.45, 2.75) is 39.5 Å². The Kier molecular flexibility index (Phi) is 5.31. The largest absolute Gasteiger partial charge is 0.355 e. The third kappa shape index (κ3) is 3.79. The van der Waals surface area contributed by atoms with E-state index in [-0.39, 0.29) is 11.8 Å². The zero-order valence-corrected chi connectivity index (χ0v) is 17.1. The van der Waals surface area contributed by atoms with E-state index in [9.17, 15) is 4.79 Å². The highest BCUT2D eigenvalue weighted by molar-refractivity contribution is 7.18. The Morgan fingerprint density at radius 2 is 2.15 bits per heavy atom. The Morgan fingerprint density at radius 3 is 2.93 bits per heavy atom. The predicted molar refractivity (Wildman–Crippen MR) is 110 cm³/mol. The van der Waals surface area contributed by atoms with Gasteiger partial charge in [0.1, 0.15) is 22.0 Å². The summed E-state index contributed by atoms with van der Waals surface area (Å²) in [7, 11) is 0. The molecule has 4 heterocycles. The minimum atomic E-state index is -0.0815. The van der Waals surface area contributed by atoms with Crippen molar-refractivity contribution in [1.82, 2.24) is 20.2 Å². The molecule has 27 heavy (non-hydrogen) atoms. The summed E-state index contributed by atoms with van der Waals surface area (Å²) in [6.45, 7) is 5.75. The first-order valence-electron chi connectivity index (χ1n) is 9.29. The number of thiophene rings is 1. The number of hydrogen-bond donors (Lipinski definition) is 1. The Labute approximate surface area is 165 Å². The molecule has 1 N–H and O–H groups in total. The molecule has 1 aliphatic heterocycles. The third-order valence-electron chi connectivity index (χ3n) is 4.80. The maximum Gasteiger partial charge on any atom is 0.231 e. The Balaban J connectivity index is 1.51. The predicted octanol–water partition coefficient (Wildman–Crippen LogP) is 3.52. The van der Waals surface area contributed by atoms with Crippen LogP contribution in [0.5, 0.6) is 0 Å². The summed E-state index contributed by atoms with van der Waals surface area (Å²) in [6.07, 6.45) is 5.29. The molecule has 1 atom stereocenters. The molecule has 0 radical (unpaired) electrons. The molecule has 1 saturated heterocycles. The third-order valence-corrected chi connectivity index (χ3v) is 6.97. The highest BCUT2D eigenvalue weighted by Gasteiger charge is 2.28. The van der Waals surface area contributed by atoms with E-state index in [1.54, 1.807) is 17.7 Å². The summed E-state index contributed by atoms with van der Waals surface area (Å²) in [5.74, 6) is 0.878. The molecule has 1 unspecified atom stereocenters. The molecular weight excluding hydrogens is 380 g/mol. The van der Waals surface area contributed by atoms with Crippen molar-refractivity contribution in [3.8, 4) is 0 Å². The normalized spacial score (nSPS) is 17.4. The van der Waals surface area contributed by atoms with Gasteiger partial charge in [-0.1, -0.05) is 25.2 Å². The van der Waals surface area contributed by atoms with Gasteiger partial charge in [0.25, 0.3) is 0 Å². The van der Waals surface area contributed by atoms with E-state index >= 15 is 0 Å². The number of rotatable bonds is 5. The van der Waals surface area contributed by atoms with Gasteiger partial charge in [-0.15, -0.1) is 21.5 Å². The molecule has 1 fully saturated rings. The zero-order chi connectivity index (χ0) is 18.8. The summed E-state index contributed by atoms with van der Waals surface area (Å²) in [5.41, 5.74) is 0. The molecule has 7 nitrogen and oxygen atoms in total. The van der Waals surface area contributed by atoms with Crippen molar-refractivity contribution in [3.05, 3.63) is 22.3 Å². The van der Waals surface area contributed by atoms with Crippen molar-refractivity contribution in [2.75, 3.05) is 23.3 Å². The first kappa shape index (κ1) is 18.2. The second-order valence-corrected chi connectivity index (χ2v) is 8.79. The minimum absolute atomic E-state index is 0.0170. The highest BCUT2D eigenvalue weighted by atomic mass is 32.1. The molecule has 9 heteroatoms. The lowest BCUT2D eigenvalue weighted by Crippen LogP contribution is -2.41. The van der Waals surface area contributed by atoms with E-state index in [1.165, 1.54) is 16.2 Å². The van der Waals surface area contributed by atoms with Crippen LogP contribution in [-0.4, -0.2) is 39.2 Å². The number of carbonyl (C=O) groups excluding carboxylic acids is 1. The quantitative estimate of drug-likeness (QED) is 0.703. The van der Waals surface area contributed by atoms with Crippen LogP contribution in [0.25, 0.3) is 10.2 Å². The number of nitrogens with zero attached hydrogens (tertiary/aromatic N) is 5. The summed E-state index contributed by atoms with van der Waals surface area (Å²) in [4.78, 5) is 26.2. The summed E-state index contributed by atoms with van der Waals surface area (Å²) >= 11 is 3.16. The first-order chi connectivity index (χ1) is 13.2. The van der Waals surface area contributed by atoms with Crippen molar-refractivity contribution in [2.24, 2.45) is 5.92 Å². The van der Waals surface area contributed by atoms with Crippen molar-refractivity contribution >= 4 is 49.7 Å². The fourth-order valence-corrected chi connectivity index (χ4v) is 4.97.